The summed E-state index contributed by atoms with van der Waals surface area (Å²) in [6.45, 7) is 1.96. The van der Waals surface area contributed by atoms with Crippen LogP contribution in [0.3, 0.4) is 0 Å². The van der Waals surface area contributed by atoms with Crippen LogP contribution in [-0.4, -0.2) is 22.3 Å². The molecule has 28 heavy (non-hydrogen) atoms. The van der Waals surface area contributed by atoms with Gasteiger partial charge in [-0.05, 0) is 18.6 Å². The van der Waals surface area contributed by atoms with Gasteiger partial charge in [0.15, 0.2) is 11.5 Å². The molecule has 0 bridgehead atoms. The van der Waals surface area contributed by atoms with Crippen molar-refractivity contribution in [2.75, 3.05) is 12.1 Å². The molecule has 3 aromatic rings. The Morgan fingerprint density at radius 3 is 2.68 bits per heavy atom. The van der Waals surface area contributed by atoms with E-state index >= 15 is 0 Å². The minimum absolute atomic E-state index is 0.144. The summed E-state index contributed by atoms with van der Waals surface area (Å²) in [5.74, 6) is 1.36. The van der Waals surface area contributed by atoms with E-state index in [4.69, 9.17) is 9.47 Å². The molecule has 0 radical (unpaired) electrons. The molecule has 2 heterocycles. The molecule has 4 rings (SSSR count). The Morgan fingerprint density at radius 2 is 1.89 bits per heavy atom. The maximum Gasteiger partial charge on any atom is 0.254 e. The van der Waals surface area contributed by atoms with E-state index in [0.717, 1.165) is 5.56 Å². The predicted octanol–water partition coefficient (Wildman–Crippen LogP) is 2.84. The molecule has 1 aliphatic heterocycles. The molecule has 0 atom stereocenters. The molecule has 1 aromatic heterocycles. The van der Waals surface area contributed by atoms with Gasteiger partial charge in [0.05, 0.1) is 0 Å². The molecule has 0 spiro atoms. The van der Waals surface area contributed by atoms with Crippen molar-refractivity contribution < 1.29 is 14.3 Å². The fourth-order valence-electron chi connectivity index (χ4n) is 3.01. The maximum absolute atomic E-state index is 12.6. The first-order chi connectivity index (χ1) is 13.6. The number of carbonyl (C=O) groups is 1. The highest BCUT2D eigenvalue weighted by molar-refractivity contribution is 5.91. The van der Waals surface area contributed by atoms with Crippen molar-refractivity contribution in [2.45, 2.75) is 19.9 Å². The second-order valence-corrected chi connectivity index (χ2v) is 6.33. The highest BCUT2D eigenvalue weighted by atomic mass is 16.7. The summed E-state index contributed by atoms with van der Waals surface area (Å²) < 4.78 is 12.0. The van der Waals surface area contributed by atoms with Crippen molar-refractivity contribution in [1.29, 1.82) is 0 Å². The number of carbonyl (C=O) groups excluding carboxylic acids is 1. The lowest BCUT2D eigenvalue weighted by molar-refractivity contribution is -0.116. The van der Waals surface area contributed by atoms with Gasteiger partial charge in [0.25, 0.3) is 5.56 Å². The first-order valence-corrected chi connectivity index (χ1v) is 8.99. The number of aryl methyl sites for hydroxylation is 1. The van der Waals surface area contributed by atoms with Crippen LogP contribution in [-0.2, 0) is 17.8 Å². The van der Waals surface area contributed by atoms with Gasteiger partial charge < -0.3 is 14.8 Å². The first-order valence-electron chi connectivity index (χ1n) is 8.99. The van der Waals surface area contributed by atoms with E-state index in [1.807, 2.05) is 37.3 Å². The third kappa shape index (κ3) is 3.59. The monoisotopic (exact) mass is 377 g/mol. The van der Waals surface area contributed by atoms with Gasteiger partial charge >= 0.3 is 0 Å². The number of nitrogens with zero attached hydrogens (tertiary/aromatic N) is 2. The first kappa shape index (κ1) is 17.8. The van der Waals surface area contributed by atoms with E-state index in [1.54, 1.807) is 18.2 Å². The average Bonchev–Trinajstić information content (AvgIpc) is 3.17. The minimum Gasteiger partial charge on any atom is -0.454 e. The largest absolute Gasteiger partial charge is 0.454 e. The average molecular weight is 377 g/mol. The molecule has 0 unspecified atom stereocenters. The van der Waals surface area contributed by atoms with Crippen LogP contribution in [0, 0.1) is 0 Å². The van der Waals surface area contributed by atoms with Gasteiger partial charge in [0, 0.05) is 29.1 Å². The fourth-order valence-corrected chi connectivity index (χ4v) is 3.01. The Labute approximate surface area is 161 Å². The summed E-state index contributed by atoms with van der Waals surface area (Å²) in [6.07, 6.45) is 0.638. The number of hydrogen-bond donors (Lipinski definition) is 1. The smallest absolute Gasteiger partial charge is 0.254 e. The van der Waals surface area contributed by atoms with Crippen molar-refractivity contribution in [3.8, 4) is 22.9 Å². The predicted molar refractivity (Wildman–Crippen MR) is 105 cm³/mol. The molecule has 7 heteroatoms. The van der Waals surface area contributed by atoms with Gasteiger partial charge in [-0.3, -0.25) is 14.2 Å². The van der Waals surface area contributed by atoms with Gasteiger partial charge in [-0.15, -0.1) is 0 Å². The Kier molecular flexibility index (Phi) is 4.80. The number of amides is 1. The van der Waals surface area contributed by atoms with E-state index in [0.29, 0.717) is 35.1 Å². The SMILES string of the molecule is CCc1cc(=O)n(CC(=O)Nc2ccc3c(c2)OCO3)c(-c2ccccc2)n1. The summed E-state index contributed by atoms with van der Waals surface area (Å²) in [6, 6.07) is 16.0. The lowest BCUT2D eigenvalue weighted by atomic mass is 10.2. The van der Waals surface area contributed by atoms with Crippen LogP contribution < -0.4 is 20.3 Å². The molecule has 1 aliphatic rings. The van der Waals surface area contributed by atoms with Gasteiger partial charge in [0.1, 0.15) is 12.4 Å². The molecular formula is C21H19N3O4. The van der Waals surface area contributed by atoms with Crippen LogP contribution >= 0.6 is 0 Å². The number of hydrogen-bond acceptors (Lipinski definition) is 5. The zero-order valence-electron chi connectivity index (χ0n) is 15.3. The topological polar surface area (TPSA) is 82.5 Å². The summed E-state index contributed by atoms with van der Waals surface area (Å²) in [5, 5.41) is 2.79. The van der Waals surface area contributed by atoms with Gasteiger partial charge in [-0.1, -0.05) is 37.3 Å². The summed E-state index contributed by atoms with van der Waals surface area (Å²) >= 11 is 0. The number of benzene rings is 2. The van der Waals surface area contributed by atoms with E-state index in [1.165, 1.54) is 10.6 Å². The van der Waals surface area contributed by atoms with Crippen molar-refractivity contribution >= 4 is 11.6 Å². The van der Waals surface area contributed by atoms with Crippen LogP contribution in [0.1, 0.15) is 12.6 Å². The number of aromatic nitrogens is 2. The summed E-state index contributed by atoms with van der Waals surface area (Å²) in [7, 11) is 0. The van der Waals surface area contributed by atoms with Crippen LogP contribution in [0.5, 0.6) is 11.5 Å². The number of rotatable bonds is 5. The second-order valence-electron chi connectivity index (χ2n) is 6.33. The van der Waals surface area contributed by atoms with Gasteiger partial charge in [-0.2, -0.15) is 0 Å². The van der Waals surface area contributed by atoms with Crippen molar-refractivity contribution in [1.82, 2.24) is 9.55 Å². The lowest BCUT2D eigenvalue weighted by Gasteiger charge is -2.13. The lowest BCUT2D eigenvalue weighted by Crippen LogP contribution is -2.30. The van der Waals surface area contributed by atoms with Crippen molar-refractivity contribution in [2.24, 2.45) is 0 Å². The second kappa shape index (κ2) is 7.56. The van der Waals surface area contributed by atoms with Gasteiger partial charge in [-0.25, -0.2) is 4.98 Å². The molecule has 0 aliphatic carbocycles. The standard InChI is InChI=1S/C21H19N3O4/c1-2-15-11-20(26)24(21(23-15)14-6-4-3-5-7-14)12-19(25)22-16-8-9-17-18(10-16)28-13-27-17/h3-11H,2,12-13H2,1H3,(H,22,25). The highest BCUT2D eigenvalue weighted by Crippen LogP contribution is 2.34. The van der Waals surface area contributed by atoms with Crippen LogP contribution in [0.15, 0.2) is 59.4 Å². The molecule has 1 amide bonds. The molecule has 0 saturated heterocycles. The van der Waals surface area contributed by atoms with E-state index in [2.05, 4.69) is 10.3 Å². The molecule has 7 nitrogen and oxygen atoms in total. The molecule has 1 N–H and O–H groups in total. The van der Waals surface area contributed by atoms with Crippen molar-refractivity contribution in [3.63, 3.8) is 0 Å². The summed E-state index contributed by atoms with van der Waals surface area (Å²) in [4.78, 5) is 29.8. The van der Waals surface area contributed by atoms with Crippen LogP contribution in [0.4, 0.5) is 5.69 Å². The van der Waals surface area contributed by atoms with Gasteiger partial charge in [0.2, 0.25) is 12.7 Å². The third-order valence-corrected chi connectivity index (χ3v) is 4.41. The van der Waals surface area contributed by atoms with Crippen LogP contribution in [0.2, 0.25) is 0 Å². The Balaban J connectivity index is 1.62. The van der Waals surface area contributed by atoms with E-state index in [9.17, 15) is 9.59 Å². The third-order valence-electron chi connectivity index (χ3n) is 4.41. The Hall–Kier alpha value is -3.61. The van der Waals surface area contributed by atoms with Crippen LogP contribution in [0.25, 0.3) is 11.4 Å². The Bertz CT molecular complexity index is 1080. The number of ether oxygens (including phenoxy) is 2. The fraction of sp³-hybridized carbons (Fsp3) is 0.190. The quantitative estimate of drug-likeness (QED) is 0.739. The summed E-state index contributed by atoms with van der Waals surface area (Å²) in [5.41, 5.74) is 1.79. The number of fused-ring (bicyclic) bond motifs is 1. The van der Waals surface area contributed by atoms with Crippen molar-refractivity contribution in [3.05, 3.63) is 70.6 Å². The zero-order chi connectivity index (χ0) is 19.5. The normalized spacial score (nSPS) is 12.0. The molecule has 142 valence electrons. The zero-order valence-corrected chi connectivity index (χ0v) is 15.3. The minimum atomic E-state index is -0.329. The Morgan fingerprint density at radius 1 is 1.11 bits per heavy atom. The number of nitrogens with one attached hydrogen (secondary N) is 1. The van der Waals surface area contributed by atoms with E-state index < -0.39 is 0 Å². The molecule has 0 fully saturated rings. The number of anilines is 1. The maximum atomic E-state index is 12.6. The molecular weight excluding hydrogens is 358 g/mol. The van der Waals surface area contributed by atoms with E-state index in [-0.39, 0.29) is 24.8 Å². The molecule has 0 saturated carbocycles. The highest BCUT2D eigenvalue weighted by Gasteiger charge is 2.16. The molecule has 2 aromatic carbocycles.